The van der Waals surface area contributed by atoms with E-state index in [9.17, 15) is 9.18 Å². The fraction of sp³-hybridized carbons (Fsp3) is 0.462. The van der Waals surface area contributed by atoms with E-state index in [1.54, 1.807) is 6.07 Å². The van der Waals surface area contributed by atoms with E-state index in [0.29, 0.717) is 24.3 Å². The molecule has 0 saturated carbocycles. The molecule has 1 aromatic carbocycles. The molecule has 104 valence electrons. The minimum Gasteiger partial charge on any atom is -0.496 e. The van der Waals surface area contributed by atoms with Crippen molar-refractivity contribution >= 4 is 5.97 Å². The summed E-state index contributed by atoms with van der Waals surface area (Å²) in [6, 6.07) is 2.63. The van der Waals surface area contributed by atoms with Crippen molar-refractivity contribution in [3.8, 4) is 11.5 Å². The van der Waals surface area contributed by atoms with Crippen molar-refractivity contribution in [1.82, 2.24) is 5.32 Å². The second-order valence-corrected chi connectivity index (χ2v) is 4.46. The highest BCUT2D eigenvalue weighted by molar-refractivity contribution is 5.71. The molecular weight excluding hydrogens is 253 g/mol. The molecule has 1 saturated heterocycles. The first-order valence-electron chi connectivity index (χ1n) is 5.94. The van der Waals surface area contributed by atoms with Crippen molar-refractivity contribution in [3.63, 3.8) is 0 Å². The summed E-state index contributed by atoms with van der Waals surface area (Å²) in [5.74, 6) is -1.26. The van der Waals surface area contributed by atoms with E-state index < -0.39 is 17.7 Å². The van der Waals surface area contributed by atoms with Crippen LogP contribution < -0.4 is 14.8 Å². The molecule has 1 aliphatic rings. The molecule has 1 aliphatic heterocycles. The van der Waals surface area contributed by atoms with Crippen LogP contribution in [0.3, 0.4) is 0 Å². The van der Waals surface area contributed by atoms with Crippen molar-refractivity contribution in [2.75, 3.05) is 20.8 Å². The van der Waals surface area contributed by atoms with Crippen molar-refractivity contribution in [1.29, 1.82) is 0 Å². The molecule has 1 aromatic rings. The van der Waals surface area contributed by atoms with Gasteiger partial charge in [0.2, 0.25) is 0 Å². The summed E-state index contributed by atoms with van der Waals surface area (Å²) in [5.41, 5.74) is 0.713. The fourth-order valence-corrected chi connectivity index (χ4v) is 2.32. The van der Waals surface area contributed by atoms with E-state index in [4.69, 9.17) is 14.6 Å². The molecule has 2 atom stereocenters. The Morgan fingerprint density at radius 3 is 2.58 bits per heavy atom. The molecule has 1 fully saturated rings. The number of halogens is 1. The number of ether oxygens (including phenoxy) is 2. The average Bonchev–Trinajstić information content (AvgIpc) is 2.88. The molecule has 5 nitrogen and oxygen atoms in total. The highest BCUT2D eigenvalue weighted by Gasteiger charge is 2.32. The van der Waals surface area contributed by atoms with Crippen LogP contribution >= 0.6 is 0 Å². The predicted octanol–water partition coefficient (Wildman–Crippen LogP) is 1.58. The van der Waals surface area contributed by atoms with Crippen LogP contribution in [0.5, 0.6) is 11.5 Å². The minimum atomic E-state index is -0.831. The lowest BCUT2D eigenvalue weighted by Gasteiger charge is -2.16. The smallest absolute Gasteiger partial charge is 0.307 e. The molecule has 19 heavy (non-hydrogen) atoms. The van der Waals surface area contributed by atoms with Gasteiger partial charge in [-0.25, -0.2) is 4.39 Å². The van der Waals surface area contributed by atoms with E-state index in [1.165, 1.54) is 20.3 Å². The van der Waals surface area contributed by atoms with E-state index >= 15 is 0 Å². The molecule has 1 heterocycles. The monoisotopic (exact) mass is 269 g/mol. The van der Waals surface area contributed by atoms with Crippen LogP contribution in [0.25, 0.3) is 0 Å². The SMILES string of the molecule is COc1cc(C2CC(C(=O)O)CN2)c(OC)cc1F. The topological polar surface area (TPSA) is 67.8 Å². The number of methoxy groups -OCH3 is 2. The normalized spacial score (nSPS) is 22.3. The third-order valence-corrected chi connectivity index (χ3v) is 3.36. The molecular formula is C13H16FNO4. The van der Waals surface area contributed by atoms with Gasteiger partial charge >= 0.3 is 5.97 Å². The Hall–Kier alpha value is -1.82. The Morgan fingerprint density at radius 2 is 2.05 bits per heavy atom. The zero-order valence-corrected chi connectivity index (χ0v) is 10.8. The Kier molecular flexibility index (Phi) is 3.90. The average molecular weight is 269 g/mol. The van der Waals surface area contributed by atoms with Gasteiger partial charge in [-0.05, 0) is 12.5 Å². The first-order valence-corrected chi connectivity index (χ1v) is 5.94. The van der Waals surface area contributed by atoms with Crippen LogP contribution in [-0.4, -0.2) is 31.8 Å². The Morgan fingerprint density at radius 1 is 1.37 bits per heavy atom. The lowest BCUT2D eigenvalue weighted by molar-refractivity contribution is -0.141. The summed E-state index contributed by atoms with van der Waals surface area (Å²) in [4.78, 5) is 11.0. The Bertz CT molecular complexity index is 492. The first kappa shape index (κ1) is 13.6. The molecule has 2 unspecified atom stereocenters. The summed E-state index contributed by atoms with van der Waals surface area (Å²) in [6.07, 6.45) is 0.445. The highest BCUT2D eigenvalue weighted by Crippen LogP contribution is 2.36. The molecule has 0 bridgehead atoms. The molecule has 0 amide bonds. The van der Waals surface area contributed by atoms with Gasteiger partial charge in [-0.1, -0.05) is 0 Å². The highest BCUT2D eigenvalue weighted by atomic mass is 19.1. The van der Waals surface area contributed by atoms with Crippen LogP contribution in [0.4, 0.5) is 4.39 Å². The number of nitrogens with one attached hydrogen (secondary N) is 1. The molecule has 0 aliphatic carbocycles. The molecule has 2 N–H and O–H groups in total. The fourth-order valence-electron chi connectivity index (χ4n) is 2.32. The molecule has 0 radical (unpaired) electrons. The van der Waals surface area contributed by atoms with Crippen molar-refractivity contribution < 1.29 is 23.8 Å². The van der Waals surface area contributed by atoms with Gasteiger partial charge in [-0.3, -0.25) is 4.79 Å². The number of hydrogen-bond donors (Lipinski definition) is 2. The molecule has 0 aromatic heterocycles. The maximum Gasteiger partial charge on any atom is 0.307 e. The summed E-state index contributed by atoms with van der Waals surface area (Å²) in [5, 5.41) is 12.1. The number of aliphatic carboxylic acids is 1. The van der Waals surface area contributed by atoms with E-state index in [-0.39, 0.29) is 11.8 Å². The number of carboxylic acid groups (broad SMARTS) is 1. The quantitative estimate of drug-likeness (QED) is 0.868. The Labute approximate surface area is 110 Å². The van der Waals surface area contributed by atoms with E-state index in [2.05, 4.69) is 5.32 Å². The zero-order chi connectivity index (χ0) is 14.0. The van der Waals surface area contributed by atoms with Gasteiger partial charge in [0.25, 0.3) is 0 Å². The standard InChI is InChI=1S/C13H16FNO4/c1-18-11-5-9(14)12(19-2)4-8(11)10-3-7(6-15-10)13(16)17/h4-5,7,10,15H,3,6H2,1-2H3,(H,16,17). The summed E-state index contributed by atoms with van der Waals surface area (Å²) >= 11 is 0. The van der Waals surface area contributed by atoms with Gasteiger partial charge in [0.05, 0.1) is 20.1 Å². The van der Waals surface area contributed by atoms with Gasteiger partial charge in [-0.15, -0.1) is 0 Å². The van der Waals surface area contributed by atoms with E-state index in [0.717, 1.165) is 0 Å². The maximum atomic E-state index is 13.6. The zero-order valence-electron chi connectivity index (χ0n) is 10.8. The lowest BCUT2D eigenvalue weighted by atomic mass is 9.99. The second-order valence-electron chi connectivity index (χ2n) is 4.46. The van der Waals surface area contributed by atoms with Crippen LogP contribution in [0, 0.1) is 11.7 Å². The first-order chi connectivity index (χ1) is 9.06. The second kappa shape index (κ2) is 5.44. The summed E-state index contributed by atoms with van der Waals surface area (Å²) in [7, 11) is 2.84. The number of carbonyl (C=O) groups is 1. The van der Waals surface area contributed by atoms with Gasteiger partial charge in [0.15, 0.2) is 11.6 Å². The van der Waals surface area contributed by atoms with Crippen LogP contribution in [0.15, 0.2) is 12.1 Å². The lowest BCUT2D eigenvalue weighted by Crippen LogP contribution is -2.17. The molecule has 2 rings (SSSR count). The minimum absolute atomic E-state index is 0.122. The number of hydrogen-bond acceptors (Lipinski definition) is 4. The van der Waals surface area contributed by atoms with Gasteiger partial charge in [0.1, 0.15) is 5.75 Å². The number of benzene rings is 1. The van der Waals surface area contributed by atoms with Gasteiger partial charge < -0.3 is 19.9 Å². The van der Waals surface area contributed by atoms with E-state index in [1.807, 2.05) is 0 Å². The Balaban J connectivity index is 2.31. The third kappa shape index (κ3) is 2.63. The van der Waals surface area contributed by atoms with Crippen molar-refractivity contribution in [3.05, 3.63) is 23.5 Å². The van der Waals surface area contributed by atoms with Crippen LogP contribution in [-0.2, 0) is 4.79 Å². The third-order valence-electron chi connectivity index (χ3n) is 3.36. The molecule has 0 spiro atoms. The largest absolute Gasteiger partial charge is 0.496 e. The van der Waals surface area contributed by atoms with Crippen LogP contribution in [0.1, 0.15) is 18.0 Å². The predicted molar refractivity (Wildman–Crippen MR) is 66.0 cm³/mol. The van der Waals surface area contributed by atoms with Gasteiger partial charge in [0, 0.05) is 24.2 Å². The number of rotatable bonds is 4. The summed E-state index contributed by atoms with van der Waals surface area (Å²) in [6.45, 7) is 0.392. The molecule has 6 heteroatoms. The van der Waals surface area contributed by atoms with Crippen molar-refractivity contribution in [2.24, 2.45) is 5.92 Å². The summed E-state index contributed by atoms with van der Waals surface area (Å²) < 4.78 is 23.7. The maximum absolute atomic E-state index is 13.6. The number of carboxylic acids is 1. The van der Waals surface area contributed by atoms with Crippen LogP contribution in [0.2, 0.25) is 0 Å². The van der Waals surface area contributed by atoms with Crippen molar-refractivity contribution in [2.45, 2.75) is 12.5 Å². The van der Waals surface area contributed by atoms with Gasteiger partial charge in [-0.2, -0.15) is 0 Å².